The molecule has 2 rings (SSSR count). The largest absolute Gasteiger partial charge is 0.307 e. The molecule has 5 nitrogen and oxygen atoms in total. The summed E-state index contributed by atoms with van der Waals surface area (Å²) in [7, 11) is 1.95. The van der Waals surface area contributed by atoms with Crippen molar-refractivity contribution < 1.29 is 0 Å². The summed E-state index contributed by atoms with van der Waals surface area (Å²) >= 11 is 0. The first-order valence-corrected chi connectivity index (χ1v) is 5.91. The molecule has 0 fully saturated rings. The summed E-state index contributed by atoms with van der Waals surface area (Å²) in [6, 6.07) is 2.05. The zero-order valence-electron chi connectivity index (χ0n) is 10.6. The van der Waals surface area contributed by atoms with E-state index in [2.05, 4.69) is 28.6 Å². The molecule has 92 valence electrons. The maximum Gasteiger partial charge on any atom is 0.0638 e. The Labute approximate surface area is 101 Å². The lowest BCUT2D eigenvalue weighted by atomic mass is 10.2. The van der Waals surface area contributed by atoms with Gasteiger partial charge in [0.1, 0.15) is 0 Å². The van der Waals surface area contributed by atoms with Gasteiger partial charge in [0.05, 0.1) is 11.4 Å². The van der Waals surface area contributed by atoms with Crippen molar-refractivity contribution in [2.24, 2.45) is 7.05 Å². The summed E-state index contributed by atoms with van der Waals surface area (Å²) in [5.74, 6) is 0. The summed E-state index contributed by atoms with van der Waals surface area (Å²) in [6.07, 6.45) is 3.90. The highest BCUT2D eigenvalue weighted by Crippen LogP contribution is 2.05. The van der Waals surface area contributed by atoms with Gasteiger partial charge in [0.2, 0.25) is 0 Å². The molecule has 0 radical (unpaired) electrons. The minimum atomic E-state index is 0.835. The molecule has 5 heteroatoms. The van der Waals surface area contributed by atoms with Gasteiger partial charge >= 0.3 is 0 Å². The molecule has 0 amide bonds. The topological polar surface area (TPSA) is 47.7 Å². The van der Waals surface area contributed by atoms with Gasteiger partial charge in [-0.05, 0) is 19.9 Å². The molecule has 2 aromatic rings. The van der Waals surface area contributed by atoms with Gasteiger partial charge < -0.3 is 5.32 Å². The highest BCUT2D eigenvalue weighted by molar-refractivity contribution is 5.15. The van der Waals surface area contributed by atoms with Gasteiger partial charge in [-0.3, -0.25) is 9.36 Å². The monoisotopic (exact) mass is 233 g/mol. The molecule has 0 bridgehead atoms. The molecule has 2 aromatic heterocycles. The van der Waals surface area contributed by atoms with Crippen LogP contribution in [0.3, 0.4) is 0 Å². The molecular weight excluding hydrogens is 214 g/mol. The summed E-state index contributed by atoms with van der Waals surface area (Å²) < 4.78 is 3.85. The van der Waals surface area contributed by atoms with Crippen molar-refractivity contribution in [2.45, 2.75) is 33.5 Å². The molecule has 0 saturated carbocycles. The van der Waals surface area contributed by atoms with Gasteiger partial charge in [-0.2, -0.15) is 10.2 Å². The number of hydrogen-bond acceptors (Lipinski definition) is 3. The second kappa shape index (κ2) is 5.14. The fraction of sp³-hybridized carbons (Fsp3) is 0.500. The highest BCUT2D eigenvalue weighted by Gasteiger charge is 2.04. The highest BCUT2D eigenvalue weighted by atomic mass is 15.3. The fourth-order valence-electron chi connectivity index (χ4n) is 1.94. The molecule has 0 spiro atoms. The first-order valence-electron chi connectivity index (χ1n) is 5.91. The van der Waals surface area contributed by atoms with Crippen LogP contribution in [0.15, 0.2) is 18.5 Å². The van der Waals surface area contributed by atoms with Crippen LogP contribution >= 0.6 is 0 Å². The molecule has 0 aliphatic rings. The summed E-state index contributed by atoms with van der Waals surface area (Å²) in [6.45, 7) is 6.72. The van der Waals surface area contributed by atoms with Gasteiger partial charge in [0.15, 0.2) is 0 Å². The van der Waals surface area contributed by atoms with Gasteiger partial charge in [0.25, 0.3) is 0 Å². The van der Waals surface area contributed by atoms with Gasteiger partial charge in [-0.15, -0.1) is 0 Å². The normalized spacial score (nSPS) is 11.0. The Hall–Kier alpha value is -1.62. The van der Waals surface area contributed by atoms with E-state index < -0.39 is 0 Å². The number of nitrogens with zero attached hydrogens (tertiary/aromatic N) is 4. The summed E-state index contributed by atoms with van der Waals surface area (Å²) in [5, 5.41) is 12.0. The summed E-state index contributed by atoms with van der Waals surface area (Å²) in [4.78, 5) is 0. The van der Waals surface area contributed by atoms with Crippen LogP contribution in [0.4, 0.5) is 0 Å². The maximum atomic E-state index is 4.32. The van der Waals surface area contributed by atoms with Gasteiger partial charge in [0, 0.05) is 44.6 Å². The van der Waals surface area contributed by atoms with E-state index in [0.717, 1.165) is 25.3 Å². The average molecular weight is 233 g/mol. The van der Waals surface area contributed by atoms with E-state index in [1.54, 1.807) is 0 Å². The quantitative estimate of drug-likeness (QED) is 0.845. The van der Waals surface area contributed by atoms with Crippen LogP contribution in [0.1, 0.15) is 23.9 Å². The molecule has 0 saturated heterocycles. The Bertz CT molecular complexity index is 483. The predicted molar refractivity (Wildman–Crippen MR) is 66.4 cm³/mol. The molecule has 1 N–H and O–H groups in total. The Balaban J connectivity index is 1.89. The number of rotatable bonds is 5. The third-order valence-corrected chi connectivity index (χ3v) is 2.84. The summed E-state index contributed by atoms with van der Waals surface area (Å²) in [5.41, 5.74) is 3.55. The molecule has 17 heavy (non-hydrogen) atoms. The van der Waals surface area contributed by atoms with Crippen LogP contribution in [-0.4, -0.2) is 19.6 Å². The predicted octanol–water partition coefficient (Wildman–Crippen LogP) is 1.23. The van der Waals surface area contributed by atoms with Crippen LogP contribution in [0, 0.1) is 6.92 Å². The third kappa shape index (κ3) is 2.74. The van der Waals surface area contributed by atoms with Crippen molar-refractivity contribution >= 4 is 0 Å². The first kappa shape index (κ1) is 11.9. The first-order chi connectivity index (χ1) is 8.20. The van der Waals surface area contributed by atoms with Crippen LogP contribution in [0.2, 0.25) is 0 Å². The number of aromatic nitrogens is 4. The second-order valence-corrected chi connectivity index (χ2v) is 4.16. The molecule has 0 aliphatic heterocycles. The number of nitrogens with one attached hydrogen (secondary N) is 1. The van der Waals surface area contributed by atoms with Crippen LogP contribution in [-0.2, 0) is 26.7 Å². The van der Waals surface area contributed by atoms with Crippen molar-refractivity contribution in [2.75, 3.05) is 0 Å². The van der Waals surface area contributed by atoms with Crippen LogP contribution in [0.25, 0.3) is 0 Å². The van der Waals surface area contributed by atoms with Crippen molar-refractivity contribution in [3.8, 4) is 0 Å². The number of hydrogen-bond donors (Lipinski definition) is 1. The average Bonchev–Trinajstić information content (AvgIpc) is 2.86. The lowest BCUT2D eigenvalue weighted by Crippen LogP contribution is -2.16. The zero-order chi connectivity index (χ0) is 12.3. The lowest BCUT2D eigenvalue weighted by molar-refractivity contribution is 0.581. The number of aryl methyl sites for hydroxylation is 3. The molecule has 0 aliphatic carbocycles. The van der Waals surface area contributed by atoms with Crippen molar-refractivity contribution in [1.82, 2.24) is 24.9 Å². The zero-order valence-corrected chi connectivity index (χ0v) is 10.6. The molecule has 0 unspecified atom stereocenters. The van der Waals surface area contributed by atoms with E-state index in [-0.39, 0.29) is 0 Å². The van der Waals surface area contributed by atoms with E-state index in [0.29, 0.717) is 0 Å². The van der Waals surface area contributed by atoms with E-state index in [4.69, 9.17) is 0 Å². The smallest absolute Gasteiger partial charge is 0.0638 e. The maximum absolute atomic E-state index is 4.32. The van der Waals surface area contributed by atoms with Crippen molar-refractivity contribution in [3.05, 3.63) is 35.4 Å². The Morgan fingerprint density at radius 3 is 2.82 bits per heavy atom. The van der Waals surface area contributed by atoms with E-state index >= 15 is 0 Å². The molecule has 0 aromatic carbocycles. The Morgan fingerprint density at radius 2 is 2.18 bits per heavy atom. The van der Waals surface area contributed by atoms with Gasteiger partial charge in [-0.1, -0.05) is 0 Å². The van der Waals surface area contributed by atoms with Crippen molar-refractivity contribution in [1.29, 1.82) is 0 Å². The van der Waals surface area contributed by atoms with Crippen LogP contribution < -0.4 is 5.32 Å². The standard InChI is InChI=1S/C12H19N5/c1-4-17-12(5-6-14-17)8-13-7-11-9-16(3)15-10(11)2/h5-6,9,13H,4,7-8H2,1-3H3. The molecule has 0 atom stereocenters. The van der Waals surface area contributed by atoms with Crippen LogP contribution in [0.5, 0.6) is 0 Å². The third-order valence-electron chi connectivity index (χ3n) is 2.84. The Morgan fingerprint density at radius 1 is 1.35 bits per heavy atom. The van der Waals surface area contributed by atoms with E-state index in [1.165, 1.54) is 11.3 Å². The van der Waals surface area contributed by atoms with Crippen molar-refractivity contribution in [3.63, 3.8) is 0 Å². The SMILES string of the molecule is CCn1nccc1CNCc1cn(C)nc1C. The minimum absolute atomic E-state index is 0.835. The minimum Gasteiger partial charge on any atom is -0.307 e. The molecular formula is C12H19N5. The lowest BCUT2D eigenvalue weighted by Gasteiger charge is -2.06. The second-order valence-electron chi connectivity index (χ2n) is 4.16. The fourth-order valence-corrected chi connectivity index (χ4v) is 1.94. The van der Waals surface area contributed by atoms with E-state index in [1.807, 2.05) is 35.6 Å². The Kier molecular flexibility index (Phi) is 3.58. The van der Waals surface area contributed by atoms with E-state index in [9.17, 15) is 0 Å². The molecule has 2 heterocycles. The van der Waals surface area contributed by atoms with Gasteiger partial charge in [-0.25, -0.2) is 0 Å².